The van der Waals surface area contributed by atoms with E-state index in [1.54, 1.807) is 0 Å². The second-order valence-corrected chi connectivity index (χ2v) is 8.11. The molecule has 1 atom stereocenters. The largest absolute Gasteiger partial charge is 0.431 e. The molecule has 0 radical (unpaired) electrons. The molecule has 2 N–H and O–H groups in total. The maximum atomic E-state index is 13.3. The number of hydrogen-bond acceptors (Lipinski definition) is 4. The lowest BCUT2D eigenvalue weighted by Crippen LogP contribution is -2.53. The SMILES string of the molecule is O=c1ccc(CC(c2ccc(C(O)(C(F)(F)F)C(F)(F)F)cc2)c2ccc(OC(F)F)c(OC(F)F)c2)c[nH]1. The van der Waals surface area contributed by atoms with Crippen molar-refractivity contribution in [3.8, 4) is 11.5 Å². The molecule has 0 bridgehead atoms. The lowest BCUT2D eigenvalue weighted by atomic mass is 9.84. The lowest BCUT2D eigenvalue weighted by Gasteiger charge is -2.33. The maximum Gasteiger partial charge on any atom is 0.430 e. The van der Waals surface area contributed by atoms with E-state index in [2.05, 4.69) is 14.5 Å². The topological polar surface area (TPSA) is 71.6 Å². The highest BCUT2D eigenvalue weighted by Gasteiger charge is 2.71. The summed E-state index contributed by atoms with van der Waals surface area (Å²) < 4.78 is 139. The van der Waals surface area contributed by atoms with Crippen LogP contribution in [-0.4, -0.2) is 35.7 Å². The number of halogens is 10. The zero-order chi connectivity index (χ0) is 29.2. The molecule has 1 aromatic heterocycles. The predicted molar refractivity (Wildman–Crippen MR) is 115 cm³/mol. The predicted octanol–water partition coefficient (Wildman–Crippen LogP) is 6.26. The Morgan fingerprint density at radius 3 is 1.77 bits per heavy atom. The molecule has 1 unspecified atom stereocenters. The summed E-state index contributed by atoms with van der Waals surface area (Å²) in [5.74, 6) is -2.57. The minimum absolute atomic E-state index is 0.0437. The zero-order valence-corrected chi connectivity index (χ0v) is 19.2. The van der Waals surface area contributed by atoms with Crippen molar-refractivity contribution in [2.45, 2.75) is 43.5 Å². The van der Waals surface area contributed by atoms with Crippen LogP contribution in [0.4, 0.5) is 43.9 Å². The lowest BCUT2D eigenvalue weighted by molar-refractivity contribution is -0.376. The van der Waals surface area contributed by atoms with E-state index in [-0.39, 0.29) is 17.5 Å². The normalized spacial score (nSPS) is 13.6. The van der Waals surface area contributed by atoms with Gasteiger partial charge in [0.15, 0.2) is 11.5 Å². The first-order valence-corrected chi connectivity index (χ1v) is 10.7. The van der Waals surface area contributed by atoms with E-state index in [0.29, 0.717) is 17.7 Å². The number of hydrogen-bond donors (Lipinski definition) is 2. The quantitative estimate of drug-likeness (QED) is 0.297. The van der Waals surface area contributed by atoms with Gasteiger partial charge in [0.25, 0.3) is 5.60 Å². The number of ether oxygens (including phenoxy) is 2. The van der Waals surface area contributed by atoms with E-state index < -0.39 is 59.7 Å². The highest BCUT2D eigenvalue weighted by Crippen LogP contribution is 2.50. The smallest absolute Gasteiger partial charge is 0.430 e. The summed E-state index contributed by atoms with van der Waals surface area (Å²) in [4.78, 5) is 13.8. The molecule has 0 aliphatic rings. The Morgan fingerprint density at radius 1 is 0.744 bits per heavy atom. The Hall–Kier alpha value is -3.75. The molecular formula is C24H17F10NO4. The molecule has 0 amide bonds. The van der Waals surface area contributed by atoms with Gasteiger partial charge in [-0.2, -0.15) is 43.9 Å². The minimum atomic E-state index is -6.12. The van der Waals surface area contributed by atoms with Gasteiger partial charge in [0.2, 0.25) is 5.56 Å². The molecule has 212 valence electrons. The van der Waals surface area contributed by atoms with Gasteiger partial charge in [0, 0.05) is 23.7 Å². The third kappa shape index (κ3) is 6.64. The Balaban J connectivity index is 2.13. The van der Waals surface area contributed by atoms with Crippen LogP contribution >= 0.6 is 0 Å². The summed E-state index contributed by atoms with van der Waals surface area (Å²) in [6, 6.07) is 7.93. The first-order valence-electron chi connectivity index (χ1n) is 10.7. The van der Waals surface area contributed by atoms with Gasteiger partial charge in [0.05, 0.1) is 0 Å². The molecule has 0 fully saturated rings. The van der Waals surface area contributed by atoms with Crippen LogP contribution in [0.15, 0.2) is 65.6 Å². The van der Waals surface area contributed by atoms with Crippen LogP contribution in [0.5, 0.6) is 11.5 Å². The average molecular weight is 573 g/mol. The van der Waals surface area contributed by atoms with Crippen LogP contribution in [0, 0.1) is 0 Å². The molecule has 0 saturated carbocycles. The molecule has 0 spiro atoms. The van der Waals surface area contributed by atoms with Crippen LogP contribution in [0.3, 0.4) is 0 Å². The van der Waals surface area contributed by atoms with Gasteiger partial charge in [-0.15, -0.1) is 0 Å². The van der Waals surface area contributed by atoms with Crippen LogP contribution in [0.25, 0.3) is 0 Å². The number of nitrogens with one attached hydrogen (secondary N) is 1. The van der Waals surface area contributed by atoms with Crippen molar-refractivity contribution in [2.75, 3.05) is 0 Å². The highest BCUT2D eigenvalue weighted by atomic mass is 19.4. The Kier molecular flexibility index (Phi) is 8.53. The number of aromatic nitrogens is 1. The number of H-pyrrole nitrogens is 1. The second kappa shape index (κ2) is 11.2. The third-order valence-electron chi connectivity index (χ3n) is 5.64. The second-order valence-electron chi connectivity index (χ2n) is 8.11. The van der Waals surface area contributed by atoms with Crippen LogP contribution in [0.2, 0.25) is 0 Å². The molecule has 0 aliphatic heterocycles. The number of aliphatic hydroxyl groups is 1. The van der Waals surface area contributed by atoms with Gasteiger partial charge in [-0.05, 0) is 35.2 Å². The fraction of sp³-hybridized carbons (Fsp3) is 0.292. The molecule has 5 nitrogen and oxygen atoms in total. The molecule has 1 heterocycles. The molecule has 3 rings (SSSR count). The summed E-state index contributed by atoms with van der Waals surface area (Å²) in [7, 11) is 0. The van der Waals surface area contributed by atoms with Crippen molar-refractivity contribution in [1.82, 2.24) is 4.98 Å². The summed E-state index contributed by atoms with van der Waals surface area (Å²) in [5.41, 5.74) is -6.69. The molecular weight excluding hydrogens is 556 g/mol. The zero-order valence-electron chi connectivity index (χ0n) is 19.2. The summed E-state index contributed by atoms with van der Waals surface area (Å²) >= 11 is 0. The Morgan fingerprint density at radius 2 is 1.28 bits per heavy atom. The van der Waals surface area contributed by atoms with Gasteiger partial charge in [-0.25, -0.2) is 0 Å². The maximum absolute atomic E-state index is 13.3. The van der Waals surface area contributed by atoms with E-state index in [1.165, 1.54) is 12.3 Å². The van der Waals surface area contributed by atoms with Gasteiger partial charge < -0.3 is 19.6 Å². The fourth-order valence-electron chi connectivity index (χ4n) is 3.80. The molecule has 15 heteroatoms. The number of rotatable bonds is 9. The average Bonchev–Trinajstić information content (AvgIpc) is 2.82. The van der Waals surface area contributed by atoms with Crippen molar-refractivity contribution in [3.05, 3.63) is 93.4 Å². The van der Waals surface area contributed by atoms with Gasteiger partial charge in [-0.1, -0.05) is 36.4 Å². The molecule has 0 aliphatic carbocycles. The van der Waals surface area contributed by atoms with Crippen molar-refractivity contribution < 1.29 is 58.5 Å². The third-order valence-corrected chi connectivity index (χ3v) is 5.64. The van der Waals surface area contributed by atoms with Crippen molar-refractivity contribution in [3.63, 3.8) is 0 Å². The van der Waals surface area contributed by atoms with Crippen LogP contribution in [0.1, 0.15) is 28.2 Å². The van der Waals surface area contributed by atoms with Crippen LogP contribution < -0.4 is 15.0 Å². The standard InChI is InChI=1S/C24H17F10NO4/c25-20(26)38-17-7-4-14(10-18(17)39-21(27)28)16(9-12-1-8-19(36)35-11-12)13-2-5-15(6-3-13)22(37,23(29,30)31)24(32,33)34/h1-8,10-11,16,20-21,37H,9H2,(H,35,36). The molecule has 2 aromatic carbocycles. The molecule has 0 saturated heterocycles. The number of aromatic amines is 1. The molecule has 3 aromatic rings. The molecule has 39 heavy (non-hydrogen) atoms. The summed E-state index contributed by atoms with van der Waals surface area (Å²) in [5, 5.41) is 9.64. The number of alkyl halides is 10. The number of benzene rings is 2. The first-order chi connectivity index (χ1) is 18.0. The highest BCUT2D eigenvalue weighted by molar-refractivity contribution is 5.47. The van der Waals surface area contributed by atoms with Crippen LogP contribution in [-0.2, 0) is 12.0 Å². The van der Waals surface area contributed by atoms with E-state index in [0.717, 1.165) is 36.4 Å². The Labute approximate surface area is 212 Å². The first kappa shape index (κ1) is 29.8. The van der Waals surface area contributed by atoms with E-state index in [4.69, 9.17) is 0 Å². The minimum Gasteiger partial charge on any atom is -0.431 e. The van der Waals surface area contributed by atoms with E-state index >= 15 is 0 Å². The Bertz CT molecular complexity index is 1290. The van der Waals surface area contributed by atoms with Crippen molar-refractivity contribution >= 4 is 0 Å². The summed E-state index contributed by atoms with van der Waals surface area (Å²) in [6.07, 6.45) is -11.1. The fourth-order valence-corrected chi connectivity index (χ4v) is 3.80. The van der Waals surface area contributed by atoms with Gasteiger partial charge >= 0.3 is 25.6 Å². The van der Waals surface area contributed by atoms with Gasteiger partial charge in [0.1, 0.15) is 0 Å². The van der Waals surface area contributed by atoms with E-state index in [1.807, 2.05) is 0 Å². The van der Waals surface area contributed by atoms with E-state index in [9.17, 15) is 53.8 Å². The monoisotopic (exact) mass is 573 g/mol. The number of pyridine rings is 1. The van der Waals surface area contributed by atoms with Crippen molar-refractivity contribution in [2.24, 2.45) is 0 Å². The van der Waals surface area contributed by atoms with Crippen molar-refractivity contribution in [1.29, 1.82) is 0 Å². The van der Waals surface area contributed by atoms with Gasteiger partial charge in [-0.3, -0.25) is 4.79 Å². The summed E-state index contributed by atoms with van der Waals surface area (Å²) in [6.45, 7) is -6.86.